The molecule has 94 valence electrons. The minimum atomic E-state index is -0.00447. The molecule has 0 amide bonds. The van der Waals surface area contributed by atoms with E-state index >= 15 is 0 Å². The SMILES string of the molecule is CCCOc1cncc(C(N)C2CCOC2)c1. The Kier molecular flexibility index (Phi) is 4.34. The Hall–Kier alpha value is -1.13. The average Bonchev–Trinajstić information content (AvgIpc) is 2.89. The summed E-state index contributed by atoms with van der Waals surface area (Å²) >= 11 is 0. The Morgan fingerprint density at radius 1 is 1.59 bits per heavy atom. The summed E-state index contributed by atoms with van der Waals surface area (Å²) in [5.74, 6) is 1.21. The number of hydrogen-bond donors (Lipinski definition) is 1. The highest BCUT2D eigenvalue weighted by atomic mass is 16.5. The monoisotopic (exact) mass is 236 g/mol. The van der Waals surface area contributed by atoms with Crippen molar-refractivity contribution in [1.29, 1.82) is 0 Å². The van der Waals surface area contributed by atoms with Gasteiger partial charge in [-0.25, -0.2) is 0 Å². The number of nitrogens with zero attached hydrogens (tertiary/aromatic N) is 1. The number of ether oxygens (including phenoxy) is 2. The van der Waals surface area contributed by atoms with Crippen LogP contribution in [-0.2, 0) is 4.74 Å². The van der Waals surface area contributed by atoms with Crippen molar-refractivity contribution >= 4 is 0 Å². The molecule has 2 heterocycles. The molecule has 4 nitrogen and oxygen atoms in total. The van der Waals surface area contributed by atoms with Gasteiger partial charge in [-0.2, -0.15) is 0 Å². The van der Waals surface area contributed by atoms with Gasteiger partial charge in [0, 0.05) is 24.8 Å². The molecular formula is C13H20N2O2. The van der Waals surface area contributed by atoms with Gasteiger partial charge < -0.3 is 15.2 Å². The standard InChI is InChI=1S/C13H20N2O2/c1-2-4-17-12-6-11(7-15-8-12)13(14)10-3-5-16-9-10/h6-8,10,13H,2-5,9,14H2,1H3. The lowest BCUT2D eigenvalue weighted by Crippen LogP contribution is -2.21. The van der Waals surface area contributed by atoms with E-state index < -0.39 is 0 Å². The normalized spacial score (nSPS) is 21.4. The minimum absolute atomic E-state index is 0.00447. The molecule has 2 unspecified atom stereocenters. The zero-order chi connectivity index (χ0) is 12.1. The molecular weight excluding hydrogens is 216 g/mol. The highest BCUT2D eigenvalue weighted by molar-refractivity contribution is 5.26. The molecule has 0 radical (unpaired) electrons. The van der Waals surface area contributed by atoms with Gasteiger partial charge >= 0.3 is 0 Å². The van der Waals surface area contributed by atoms with E-state index in [9.17, 15) is 0 Å². The molecule has 1 aliphatic heterocycles. The molecule has 1 saturated heterocycles. The second kappa shape index (κ2) is 5.98. The summed E-state index contributed by atoms with van der Waals surface area (Å²) in [4.78, 5) is 4.18. The third-order valence-corrected chi connectivity index (χ3v) is 3.06. The summed E-state index contributed by atoms with van der Waals surface area (Å²) in [6.45, 7) is 4.37. The number of hydrogen-bond acceptors (Lipinski definition) is 4. The molecule has 0 saturated carbocycles. The third-order valence-electron chi connectivity index (χ3n) is 3.06. The Labute approximate surface area is 102 Å². The van der Waals surface area contributed by atoms with Crippen LogP contribution >= 0.6 is 0 Å². The first-order chi connectivity index (χ1) is 8.31. The second-order valence-electron chi connectivity index (χ2n) is 4.45. The van der Waals surface area contributed by atoms with Gasteiger partial charge in [-0.05, 0) is 24.5 Å². The summed E-state index contributed by atoms with van der Waals surface area (Å²) in [6, 6.07) is 1.99. The molecule has 2 atom stereocenters. The van der Waals surface area contributed by atoms with Gasteiger partial charge in [0.2, 0.25) is 0 Å². The van der Waals surface area contributed by atoms with Crippen molar-refractivity contribution in [2.45, 2.75) is 25.8 Å². The number of pyridine rings is 1. The van der Waals surface area contributed by atoms with Crippen LogP contribution in [0.2, 0.25) is 0 Å². The molecule has 0 bridgehead atoms. The largest absolute Gasteiger partial charge is 0.492 e. The highest BCUT2D eigenvalue weighted by Crippen LogP contribution is 2.27. The second-order valence-corrected chi connectivity index (χ2v) is 4.45. The Morgan fingerprint density at radius 3 is 3.18 bits per heavy atom. The first-order valence-corrected chi connectivity index (χ1v) is 6.22. The van der Waals surface area contributed by atoms with E-state index in [4.69, 9.17) is 15.2 Å². The van der Waals surface area contributed by atoms with Crippen molar-refractivity contribution in [3.8, 4) is 5.75 Å². The lowest BCUT2D eigenvalue weighted by atomic mass is 9.94. The number of aromatic nitrogens is 1. The topological polar surface area (TPSA) is 57.4 Å². The van der Waals surface area contributed by atoms with Crippen molar-refractivity contribution in [1.82, 2.24) is 4.98 Å². The molecule has 0 spiro atoms. The summed E-state index contributed by atoms with van der Waals surface area (Å²) in [5, 5.41) is 0. The van der Waals surface area contributed by atoms with Crippen LogP contribution in [0.1, 0.15) is 31.4 Å². The predicted octanol–water partition coefficient (Wildman–Crippen LogP) is 1.91. The van der Waals surface area contributed by atoms with E-state index in [-0.39, 0.29) is 6.04 Å². The quantitative estimate of drug-likeness (QED) is 0.848. The molecule has 1 aromatic heterocycles. The van der Waals surface area contributed by atoms with E-state index in [1.54, 1.807) is 6.20 Å². The van der Waals surface area contributed by atoms with Crippen molar-refractivity contribution in [3.05, 3.63) is 24.0 Å². The van der Waals surface area contributed by atoms with Crippen molar-refractivity contribution in [2.24, 2.45) is 11.7 Å². The first kappa shape index (κ1) is 12.3. The number of nitrogens with two attached hydrogens (primary N) is 1. The van der Waals surface area contributed by atoms with Gasteiger partial charge in [-0.15, -0.1) is 0 Å². The fourth-order valence-electron chi connectivity index (χ4n) is 2.02. The lowest BCUT2D eigenvalue weighted by Gasteiger charge is -2.18. The van der Waals surface area contributed by atoms with Gasteiger partial charge in [0.1, 0.15) is 5.75 Å². The predicted molar refractivity (Wildman–Crippen MR) is 65.9 cm³/mol. The van der Waals surface area contributed by atoms with E-state index in [1.165, 1.54) is 0 Å². The van der Waals surface area contributed by atoms with Crippen molar-refractivity contribution in [2.75, 3.05) is 19.8 Å². The van der Waals surface area contributed by atoms with Crippen molar-refractivity contribution in [3.63, 3.8) is 0 Å². The fraction of sp³-hybridized carbons (Fsp3) is 0.615. The minimum Gasteiger partial charge on any atom is -0.492 e. The fourth-order valence-corrected chi connectivity index (χ4v) is 2.02. The van der Waals surface area contributed by atoms with Crippen LogP contribution < -0.4 is 10.5 Å². The van der Waals surface area contributed by atoms with Crippen LogP contribution in [0.25, 0.3) is 0 Å². The third kappa shape index (κ3) is 3.17. The van der Waals surface area contributed by atoms with Gasteiger partial charge in [0.15, 0.2) is 0 Å². The van der Waals surface area contributed by atoms with Crippen molar-refractivity contribution < 1.29 is 9.47 Å². The van der Waals surface area contributed by atoms with Crippen LogP contribution in [0.15, 0.2) is 18.5 Å². The zero-order valence-electron chi connectivity index (χ0n) is 10.3. The van der Waals surface area contributed by atoms with Crippen LogP contribution in [0.3, 0.4) is 0 Å². The molecule has 1 aromatic rings. The average molecular weight is 236 g/mol. The molecule has 0 aromatic carbocycles. The maximum Gasteiger partial charge on any atom is 0.137 e. The number of rotatable bonds is 5. The lowest BCUT2D eigenvalue weighted by molar-refractivity contribution is 0.181. The molecule has 1 fully saturated rings. The Balaban J connectivity index is 2.03. The van der Waals surface area contributed by atoms with Gasteiger partial charge in [0.05, 0.1) is 19.4 Å². The Bertz CT molecular complexity index is 351. The van der Waals surface area contributed by atoms with Crippen LogP contribution in [0.4, 0.5) is 0 Å². The molecule has 0 aliphatic carbocycles. The molecule has 2 rings (SSSR count). The summed E-state index contributed by atoms with van der Waals surface area (Å²) in [6.07, 6.45) is 5.58. The maximum absolute atomic E-state index is 6.22. The van der Waals surface area contributed by atoms with E-state index in [1.807, 2.05) is 12.3 Å². The highest BCUT2D eigenvalue weighted by Gasteiger charge is 2.24. The first-order valence-electron chi connectivity index (χ1n) is 6.22. The molecule has 1 aliphatic rings. The smallest absolute Gasteiger partial charge is 0.137 e. The van der Waals surface area contributed by atoms with Gasteiger partial charge in [-0.3, -0.25) is 4.98 Å². The van der Waals surface area contributed by atoms with E-state index in [2.05, 4.69) is 11.9 Å². The Morgan fingerprint density at radius 2 is 2.47 bits per heavy atom. The summed E-state index contributed by atoms with van der Waals surface area (Å²) in [5.41, 5.74) is 7.26. The zero-order valence-corrected chi connectivity index (χ0v) is 10.3. The molecule has 2 N–H and O–H groups in total. The molecule has 4 heteroatoms. The van der Waals surface area contributed by atoms with E-state index in [0.29, 0.717) is 12.5 Å². The van der Waals surface area contributed by atoms with Crippen LogP contribution in [-0.4, -0.2) is 24.8 Å². The molecule has 17 heavy (non-hydrogen) atoms. The van der Waals surface area contributed by atoms with E-state index in [0.717, 1.165) is 37.4 Å². The van der Waals surface area contributed by atoms with Crippen LogP contribution in [0, 0.1) is 5.92 Å². The summed E-state index contributed by atoms with van der Waals surface area (Å²) < 4.78 is 10.9. The van der Waals surface area contributed by atoms with Gasteiger partial charge in [-0.1, -0.05) is 6.92 Å². The van der Waals surface area contributed by atoms with Gasteiger partial charge in [0.25, 0.3) is 0 Å². The maximum atomic E-state index is 6.22. The summed E-state index contributed by atoms with van der Waals surface area (Å²) in [7, 11) is 0. The van der Waals surface area contributed by atoms with Crippen LogP contribution in [0.5, 0.6) is 5.75 Å².